The van der Waals surface area contributed by atoms with Gasteiger partial charge in [0.2, 0.25) is 0 Å². The summed E-state index contributed by atoms with van der Waals surface area (Å²) in [7, 11) is 0. The molecule has 0 aliphatic carbocycles. The van der Waals surface area contributed by atoms with E-state index >= 15 is 0 Å². The predicted octanol–water partition coefficient (Wildman–Crippen LogP) is 7.05. The Labute approximate surface area is 164 Å². The first-order valence-electron chi connectivity index (χ1n) is 10.3. The van der Waals surface area contributed by atoms with E-state index in [4.69, 9.17) is 21.4 Å². The summed E-state index contributed by atoms with van der Waals surface area (Å²) in [6.45, 7) is 1.95. The Kier molecular flexibility index (Phi) is 13.1. The third-order valence-corrected chi connectivity index (χ3v) is 4.91. The van der Waals surface area contributed by atoms with E-state index in [-0.39, 0.29) is 6.61 Å². The average Bonchev–Trinajstić information content (AvgIpc) is 2.61. The van der Waals surface area contributed by atoms with Crippen molar-refractivity contribution in [1.29, 1.82) is 0 Å². The topological polar surface area (TPSA) is 46.5 Å². The van der Waals surface area contributed by atoms with Crippen molar-refractivity contribution in [3.05, 3.63) is 28.8 Å². The molecule has 26 heavy (non-hydrogen) atoms. The number of rotatable bonds is 16. The van der Waals surface area contributed by atoms with E-state index in [2.05, 4.69) is 6.92 Å². The van der Waals surface area contributed by atoms with Crippen molar-refractivity contribution >= 4 is 17.6 Å². The van der Waals surface area contributed by atoms with Crippen LogP contribution in [-0.4, -0.2) is 17.7 Å². The molecule has 0 atom stereocenters. The first-order valence-corrected chi connectivity index (χ1v) is 10.6. The molecule has 0 heterocycles. The van der Waals surface area contributed by atoms with E-state index in [1.165, 1.54) is 70.6 Å². The lowest BCUT2D eigenvalue weighted by Gasteiger charge is -2.10. The zero-order chi connectivity index (χ0) is 19.0. The van der Waals surface area contributed by atoms with Gasteiger partial charge in [-0.15, -0.1) is 0 Å². The van der Waals surface area contributed by atoms with Gasteiger partial charge in [-0.05, 0) is 36.6 Å². The largest absolute Gasteiger partial charge is 0.482 e. The lowest BCUT2D eigenvalue weighted by molar-refractivity contribution is -0.139. The van der Waals surface area contributed by atoms with Crippen LogP contribution in [0.15, 0.2) is 18.2 Å². The van der Waals surface area contributed by atoms with Gasteiger partial charge in [0.15, 0.2) is 6.61 Å². The first-order chi connectivity index (χ1) is 12.6. The molecule has 0 aliphatic rings. The number of ether oxygens (including phenoxy) is 1. The van der Waals surface area contributed by atoms with Crippen molar-refractivity contribution in [3.8, 4) is 5.75 Å². The van der Waals surface area contributed by atoms with Crippen LogP contribution in [0.3, 0.4) is 0 Å². The molecule has 0 saturated carbocycles. The van der Waals surface area contributed by atoms with E-state index in [1.54, 1.807) is 12.1 Å². The van der Waals surface area contributed by atoms with Crippen LogP contribution in [0.1, 0.15) is 89.5 Å². The van der Waals surface area contributed by atoms with Crippen LogP contribution in [0.2, 0.25) is 5.02 Å². The number of benzene rings is 1. The van der Waals surface area contributed by atoms with Crippen LogP contribution in [0, 0.1) is 0 Å². The smallest absolute Gasteiger partial charge is 0.341 e. The highest BCUT2D eigenvalue weighted by molar-refractivity contribution is 6.30. The Hall–Kier alpha value is -1.22. The molecule has 0 unspecified atom stereocenters. The summed E-state index contributed by atoms with van der Waals surface area (Å²) in [6, 6.07) is 5.39. The van der Waals surface area contributed by atoms with Gasteiger partial charge in [-0.1, -0.05) is 89.2 Å². The number of hydrogen-bond acceptors (Lipinski definition) is 2. The van der Waals surface area contributed by atoms with Crippen LogP contribution in [-0.2, 0) is 11.2 Å². The van der Waals surface area contributed by atoms with Gasteiger partial charge in [-0.3, -0.25) is 0 Å². The maximum absolute atomic E-state index is 10.7. The molecule has 0 radical (unpaired) electrons. The van der Waals surface area contributed by atoms with Crippen molar-refractivity contribution in [2.75, 3.05) is 6.61 Å². The minimum atomic E-state index is -0.962. The summed E-state index contributed by atoms with van der Waals surface area (Å²) in [6.07, 6.45) is 16.7. The third-order valence-electron chi connectivity index (χ3n) is 4.67. The molecule has 0 bridgehead atoms. The second-order valence-corrected chi connectivity index (χ2v) is 7.51. The van der Waals surface area contributed by atoms with Crippen LogP contribution in [0.25, 0.3) is 0 Å². The number of halogens is 1. The Bertz CT molecular complexity index is 502. The highest BCUT2D eigenvalue weighted by Gasteiger charge is 2.07. The van der Waals surface area contributed by atoms with Crippen molar-refractivity contribution < 1.29 is 14.6 Å². The number of carboxylic acids is 1. The SMILES string of the molecule is CCCCCCCCCCCCCCc1cc(Cl)ccc1OCC(=O)O. The Morgan fingerprint density at radius 1 is 0.923 bits per heavy atom. The van der Waals surface area contributed by atoms with Gasteiger partial charge in [-0.2, -0.15) is 0 Å². The minimum Gasteiger partial charge on any atom is -0.482 e. The molecule has 1 N–H and O–H groups in total. The van der Waals surface area contributed by atoms with E-state index in [0.717, 1.165) is 18.4 Å². The minimum absolute atomic E-state index is 0.312. The molecular formula is C22H35ClO3. The van der Waals surface area contributed by atoms with Crippen molar-refractivity contribution in [2.24, 2.45) is 0 Å². The van der Waals surface area contributed by atoms with Gasteiger partial charge in [-0.25, -0.2) is 4.79 Å². The van der Waals surface area contributed by atoms with Gasteiger partial charge >= 0.3 is 5.97 Å². The number of aryl methyl sites for hydroxylation is 1. The number of carboxylic acid groups (broad SMARTS) is 1. The Balaban J connectivity index is 2.10. The highest BCUT2D eigenvalue weighted by atomic mass is 35.5. The molecule has 0 aromatic heterocycles. The molecule has 1 rings (SSSR count). The normalized spacial score (nSPS) is 10.8. The lowest BCUT2D eigenvalue weighted by Crippen LogP contribution is -2.10. The molecule has 1 aromatic rings. The van der Waals surface area contributed by atoms with Gasteiger partial charge in [0.1, 0.15) is 5.75 Å². The fourth-order valence-corrected chi connectivity index (χ4v) is 3.37. The summed E-state index contributed by atoms with van der Waals surface area (Å²) in [5.74, 6) is -0.323. The van der Waals surface area contributed by atoms with Gasteiger partial charge in [0, 0.05) is 5.02 Å². The molecule has 0 aliphatic heterocycles. The molecule has 0 fully saturated rings. The standard InChI is InChI=1S/C22H35ClO3/c1-2-3-4-5-6-7-8-9-10-11-12-13-14-19-17-20(23)15-16-21(19)26-18-22(24)25/h15-17H,2-14,18H2,1H3,(H,24,25). The second-order valence-electron chi connectivity index (χ2n) is 7.07. The number of aliphatic carboxylic acids is 1. The molecule has 0 amide bonds. The van der Waals surface area contributed by atoms with Crippen LogP contribution >= 0.6 is 11.6 Å². The third kappa shape index (κ3) is 11.4. The summed E-state index contributed by atoms with van der Waals surface area (Å²) in [5.41, 5.74) is 1.01. The zero-order valence-electron chi connectivity index (χ0n) is 16.3. The molecule has 4 heteroatoms. The Morgan fingerprint density at radius 3 is 2.00 bits per heavy atom. The summed E-state index contributed by atoms with van der Waals surface area (Å²) in [4.78, 5) is 10.7. The van der Waals surface area contributed by atoms with Gasteiger partial charge in [0.05, 0.1) is 0 Å². The van der Waals surface area contributed by atoms with Crippen LogP contribution < -0.4 is 4.74 Å². The molecule has 148 valence electrons. The fourth-order valence-electron chi connectivity index (χ4n) is 3.18. The fraction of sp³-hybridized carbons (Fsp3) is 0.682. The van der Waals surface area contributed by atoms with Crippen LogP contribution in [0.5, 0.6) is 5.75 Å². The average molecular weight is 383 g/mol. The molecule has 0 spiro atoms. The lowest BCUT2D eigenvalue weighted by atomic mass is 10.0. The molecular weight excluding hydrogens is 348 g/mol. The summed E-state index contributed by atoms with van der Waals surface area (Å²) in [5, 5.41) is 9.43. The zero-order valence-corrected chi connectivity index (χ0v) is 17.0. The van der Waals surface area contributed by atoms with E-state index in [0.29, 0.717) is 10.8 Å². The maximum atomic E-state index is 10.7. The summed E-state index contributed by atoms with van der Waals surface area (Å²) < 4.78 is 5.35. The van der Waals surface area contributed by atoms with E-state index in [9.17, 15) is 4.79 Å². The first kappa shape index (κ1) is 22.8. The van der Waals surface area contributed by atoms with Gasteiger partial charge < -0.3 is 9.84 Å². The van der Waals surface area contributed by atoms with Crippen LogP contribution in [0.4, 0.5) is 0 Å². The predicted molar refractivity (Wildman–Crippen MR) is 109 cm³/mol. The highest BCUT2D eigenvalue weighted by Crippen LogP contribution is 2.25. The monoisotopic (exact) mass is 382 g/mol. The number of carbonyl (C=O) groups is 1. The van der Waals surface area contributed by atoms with E-state index < -0.39 is 5.97 Å². The quantitative estimate of drug-likeness (QED) is 0.311. The number of unbranched alkanes of at least 4 members (excludes halogenated alkanes) is 11. The van der Waals surface area contributed by atoms with Gasteiger partial charge in [0.25, 0.3) is 0 Å². The molecule has 3 nitrogen and oxygen atoms in total. The van der Waals surface area contributed by atoms with Crippen molar-refractivity contribution in [2.45, 2.75) is 90.4 Å². The van der Waals surface area contributed by atoms with Crippen molar-refractivity contribution in [1.82, 2.24) is 0 Å². The second kappa shape index (κ2) is 14.9. The molecule has 1 aromatic carbocycles. The summed E-state index contributed by atoms with van der Waals surface area (Å²) >= 11 is 6.06. The molecule has 0 saturated heterocycles. The maximum Gasteiger partial charge on any atom is 0.341 e. The number of hydrogen-bond donors (Lipinski definition) is 1. The Morgan fingerprint density at radius 2 is 1.46 bits per heavy atom. The van der Waals surface area contributed by atoms with E-state index in [1.807, 2.05) is 6.07 Å². The van der Waals surface area contributed by atoms with Crippen molar-refractivity contribution in [3.63, 3.8) is 0 Å².